The van der Waals surface area contributed by atoms with Crippen molar-refractivity contribution in [3.63, 3.8) is 0 Å². The van der Waals surface area contributed by atoms with Crippen molar-refractivity contribution in [2.45, 2.75) is 17.7 Å². The number of benzene rings is 2. The van der Waals surface area contributed by atoms with Gasteiger partial charge < -0.3 is 4.74 Å². The van der Waals surface area contributed by atoms with Crippen LogP contribution in [0.25, 0.3) is 0 Å². The summed E-state index contributed by atoms with van der Waals surface area (Å²) in [6, 6.07) is 13.1. The maximum atomic E-state index is 10.8. The van der Waals surface area contributed by atoms with Crippen LogP contribution in [0.5, 0.6) is 5.75 Å². The normalized spacial score (nSPS) is 16.5. The maximum Gasteiger partial charge on any atom is 0.273 e. The number of nitrogens with zero attached hydrogens (tertiary/aromatic N) is 1. The van der Waals surface area contributed by atoms with Crippen LogP contribution in [0, 0.1) is 17.0 Å². The highest BCUT2D eigenvalue weighted by molar-refractivity contribution is 7.99. The fraction of sp³-hybridized carbons (Fsp3) is 0.250. The number of hydrogen-bond acceptors (Lipinski definition) is 4. The quantitative estimate of drug-likeness (QED) is 0.628. The van der Waals surface area contributed by atoms with Crippen molar-refractivity contribution in [1.29, 1.82) is 0 Å². The number of thioether (sulfide) groups is 1. The molecule has 3 rings (SSSR count). The van der Waals surface area contributed by atoms with Crippen molar-refractivity contribution in [1.82, 2.24) is 0 Å². The van der Waals surface area contributed by atoms with Gasteiger partial charge in [-0.3, -0.25) is 10.1 Å². The summed E-state index contributed by atoms with van der Waals surface area (Å²) < 4.78 is 5.85. The Kier molecular flexibility index (Phi) is 3.84. The highest BCUT2D eigenvalue weighted by atomic mass is 32.2. The van der Waals surface area contributed by atoms with Crippen molar-refractivity contribution in [3.8, 4) is 5.75 Å². The molecule has 5 heteroatoms. The zero-order chi connectivity index (χ0) is 14.8. The van der Waals surface area contributed by atoms with E-state index in [0.29, 0.717) is 18.3 Å². The predicted molar refractivity (Wildman–Crippen MR) is 83.2 cm³/mol. The van der Waals surface area contributed by atoms with Gasteiger partial charge in [-0.2, -0.15) is 0 Å². The minimum atomic E-state index is -0.396. The van der Waals surface area contributed by atoms with Gasteiger partial charge in [0.1, 0.15) is 5.75 Å². The summed E-state index contributed by atoms with van der Waals surface area (Å²) >= 11 is 1.84. The zero-order valence-electron chi connectivity index (χ0n) is 11.6. The molecule has 0 fully saturated rings. The molecule has 0 radical (unpaired) electrons. The average Bonchev–Trinajstić information content (AvgIpc) is 2.89. The molecule has 108 valence electrons. The second-order valence-corrected chi connectivity index (χ2v) is 6.13. The summed E-state index contributed by atoms with van der Waals surface area (Å²) in [7, 11) is 0. The van der Waals surface area contributed by atoms with E-state index < -0.39 is 4.92 Å². The molecule has 2 aromatic rings. The van der Waals surface area contributed by atoms with E-state index in [-0.39, 0.29) is 5.69 Å². The Morgan fingerprint density at radius 2 is 2.14 bits per heavy atom. The summed E-state index contributed by atoms with van der Waals surface area (Å²) in [5, 5.41) is 10.8. The van der Waals surface area contributed by atoms with Gasteiger partial charge in [0.15, 0.2) is 0 Å². The molecule has 0 aliphatic carbocycles. The number of aryl methyl sites for hydroxylation is 1. The van der Waals surface area contributed by atoms with Crippen molar-refractivity contribution in [2.24, 2.45) is 0 Å². The highest BCUT2D eigenvalue weighted by Gasteiger charge is 2.23. The standard InChI is InChI=1S/C16H15NO3S/c1-11-6-7-13(17(18)19)8-15(11)20-9-12-10-21-16-5-3-2-4-14(12)16/h2-8,12H,9-10H2,1H3. The first-order chi connectivity index (χ1) is 10.1. The maximum absolute atomic E-state index is 10.8. The third kappa shape index (κ3) is 2.88. The van der Waals surface area contributed by atoms with Crippen LogP contribution in [0.3, 0.4) is 0 Å². The molecular formula is C16H15NO3S. The molecule has 1 aliphatic heterocycles. The van der Waals surface area contributed by atoms with Gasteiger partial charge >= 0.3 is 0 Å². The number of hydrogen-bond donors (Lipinski definition) is 0. The van der Waals surface area contributed by atoms with Gasteiger partial charge in [-0.25, -0.2) is 0 Å². The Bertz CT molecular complexity index is 687. The first kappa shape index (κ1) is 13.9. The van der Waals surface area contributed by atoms with Crippen molar-refractivity contribution >= 4 is 17.4 Å². The van der Waals surface area contributed by atoms with Crippen LogP contribution in [0.15, 0.2) is 47.4 Å². The van der Waals surface area contributed by atoms with E-state index in [1.165, 1.54) is 22.6 Å². The minimum absolute atomic E-state index is 0.0665. The van der Waals surface area contributed by atoms with E-state index in [1.54, 1.807) is 6.07 Å². The van der Waals surface area contributed by atoms with Crippen molar-refractivity contribution < 1.29 is 9.66 Å². The number of non-ortho nitro benzene ring substituents is 1. The molecule has 1 atom stereocenters. The van der Waals surface area contributed by atoms with Crippen LogP contribution in [0.2, 0.25) is 0 Å². The lowest BCUT2D eigenvalue weighted by molar-refractivity contribution is -0.384. The molecule has 2 aromatic carbocycles. The second-order valence-electron chi connectivity index (χ2n) is 5.06. The molecule has 0 spiro atoms. The van der Waals surface area contributed by atoms with E-state index in [2.05, 4.69) is 12.1 Å². The molecule has 0 saturated heterocycles. The summed E-state index contributed by atoms with van der Waals surface area (Å²) in [6.45, 7) is 2.45. The highest BCUT2D eigenvalue weighted by Crippen LogP contribution is 2.39. The fourth-order valence-electron chi connectivity index (χ4n) is 2.42. The van der Waals surface area contributed by atoms with E-state index >= 15 is 0 Å². The van der Waals surface area contributed by atoms with Gasteiger partial charge in [0.05, 0.1) is 17.6 Å². The zero-order valence-corrected chi connectivity index (χ0v) is 12.4. The summed E-state index contributed by atoms with van der Waals surface area (Å²) in [6.07, 6.45) is 0. The smallest absolute Gasteiger partial charge is 0.273 e. The lowest BCUT2D eigenvalue weighted by atomic mass is 10.0. The molecule has 1 aliphatic rings. The molecular weight excluding hydrogens is 286 g/mol. The van der Waals surface area contributed by atoms with Gasteiger partial charge in [-0.1, -0.05) is 18.2 Å². The number of fused-ring (bicyclic) bond motifs is 1. The van der Waals surface area contributed by atoms with Gasteiger partial charge in [0.25, 0.3) is 5.69 Å². The largest absolute Gasteiger partial charge is 0.492 e. The van der Waals surface area contributed by atoms with Crippen LogP contribution >= 0.6 is 11.8 Å². The van der Waals surface area contributed by atoms with Crippen LogP contribution in [-0.4, -0.2) is 17.3 Å². The first-order valence-corrected chi connectivity index (χ1v) is 7.73. The molecule has 0 saturated carbocycles. The van der Waals surface area contributed by atoms with Crippen LogP contribution < -0.4 is 4.74 Å². The number of nitro groups is 1. The van der Waals surface area contributed by atoms with E-state index in [4.69, 9.17) is 4.74 Å². The molecule has 1 heterocycles. The Balaban J connectivity index is 1.74. The number of rotatable bonds is 4. The number of ether oxygens (including phenoxy) is 1. The summed E-state index contributed by atoms with van der Waals surface area (Å²) in [5.74, 6) is 1.93. The Morgan fingerprint density at radius 3 is 2.95 bits per heavy atom. The monoisotopic (exact) mass is 301 g/mol. The third-order valence-electron chi connectivity index (χ3n) is 3.62. The van der Waals surface area contributed by atoms with Crippen molar-refractivity contribution in [3.05, 3.63) is 63.7 Å². The van der Waals surface area contributed by atoms with Gasteiger partial charge in [-0.15, -0.1) is 11.8 Å². The molecule has 0 bridgehead atoms. The Morgan fingerprint density at radius 1 is 1.33 bits per heavy atom. The average molecular weight is 301 g/mol. The van der Waals surface area contributed by atoms with Gasteiger partial charge in [-0.05, 0) is 30.2 Å². The fourth-order valence-corrected chi connectivity index (χ4v) is 3.65. The van der Waals surface area contributed by atoms with Crippen LogP contribution in [-0.2, 0) is 0 Å². The molecule has 21 heavy (non-hydrogen) atoms. The van der Waals surface area contributed by atoms with Crippen LogP contribution in [0.4, 0.5) is 5.69 Å². The Labute approximate surface area is 127 Å². The van der Waals surface area contributed by atoms with E-state index in [0.717, 1.165) is 11.3 Å². The van der Waals surface area contributed by atoms with E-state index in [9.17, 15) is 10.1 Å². The molecule has 0 amide bonds. The first-order valence-electron chi connectivity index (χ1n) is 6.74. The summed E-state index contributed by atoms with van der Waals surface area (Å²) in [4.78, 5) is 11.7. The third-order valence-corrected chi connectivity index (χ3v) is 4.87. The molecule has 4 nitrogen and oxygen atoms in total. The predicted octanol–water partition coefficient (Wildman–Crippen LogP) is 4.17. The van der Waals surface area contributed by atoms with Crippen LogP contribution in [0.1, 0.15) is 17.0 Å². The molecule has 1 unspecified atom stereocenters. The van der Waals surface area contributed by atoms with Crippen molar-refractivity contribution in [2.75, 3.05) is 12.4 Å². The topological polar surface area (TPSA) is 52.4 Å². The lowest BCUT2D eigenvalue weighted by Crippen LogP contribution is -2.10. The Hall–Kier alpha value is -2.01. The SMILES string of the molecule is Cc1ccc([N+](=O)[O-])cc1OCC1CSc2ccccc21. The summed E-state index contributed by atoms with van der Waals surface area (Å²) in [5.41, 5.74) is 2.29. The molecule has 0 aromatic heterocycles. The number of nitro benzene ring substituents is 1. The van der Waals surface area contributed by atoms with E-state index in [1.807, 2.05) is 30.8 Å². The van der Waals surface area contributed by atoms with Gasteiger partial charge in [0.2, 0.25) is 0 Å². The molecule has 0 N–H and O–H groups in total. The lowest BCUT2D eigenvalue weighted by Gasteiger charge is -2.14. The van der Waals surface area contributed by atoms with Gasteiger partial charge in [0, 0.05) is 22.6 Å². The second kappa shape index (κ2) is 5.77. The minimum Gasteiger partial charge on any atom is -0.492 e.